The van der Waals surface area contributed by atoms with Gasteiger partial charge in [-0.25, -0.2) is 28.1 Å². The van der Waals surface area contributed by atoms with Gasteiger partial charge in [-0.1, -0.05) is 127 Å². The van der Waals surface area contributed by atoms with Crippen LogP contribution in [0.15, 0.2) is 187 Å². The molecule has 22 rings (SSSR count). The molecule has 10 saturated heterocycles. The van der Waals surface area contributed by atoms with Gasteiger partial charge in [0.25, 0.3) is 0 Å². The molecule has 3 unspecified atom stereocenters. The molecule has 0 radical (unpaired) electrons. The van der Waals surface area contributed by atoms with Gasteiger partial charge < -0.3 is 91.7 Å². The van der Waals surface area contributed by atoms with Gasteiger partial charge in [0, 0.05) is 67.3 Å². The fraction of sp³-hybridized carbons (Fsp3) is 0.412. The summed E-state index contributed by atoms with van der Waals surface area (Å²) in [5.41, 5.74) is 13.4. The number of nitrogens with zero attached hydrogens (tertiary/aromatic N) is 6. The molecule has 0 bridgehead atoms. The minimum absolute atomic E-state index is 0.162. The third-order valence-electron chi connectivity index (χ3n) is 25.8. The quantitative estimate of drug-likeness (QED) is 0.0471. The Kier molecular flexibility index (Phi) is 24.9. The van der Waals surface area contributed by atoms with Crippen molar-refractivity contribution in [2.45, 2.75) is 196 Å². The van der Waals surface area contributed by atoms with Crippen LogP contribution in [0.2, 0.25) is 0 Å². The fourth-order valence-electron chi connectivity index (χ4n) is 18.2. The van der Waals surface area contributed by atoms with Crippen LogP contribution >= 0.6 is 15.9 Å². The number of phenols is 2. The summed E-state index contributed by atoms with van der Waals surface area (Å²) in [7, 11) is -0.334. The highest BCUT2D eigenvalue weighted by molar-refractivity contribution is 9.10. The Labute approximate surface area is 740 Å². The molecular weight excluding hydrogens is 1700 g/mol. The van der Waals surface area contributed by atoms with Crippen molar-refractivity contribution in [3.05, 3.63) is 210 Å². The van der Waals surface area contributed by atoms with Gasteiger partial charge in [0.1, 0.15) is 101 Å². The summed E-state index contributed by atoms with van der Waals surface area (Å²) in [6.45, 7) is 13.8. The number of hydrogen-bond acceptors (Lipinski definition) is 22. The Hall–Kier alpha value is -9.84. The van der Waals surface area contributed by atoms with E-state index in [9.17, 15) is 29.9 Å². The molecule has 25 nitrogen and oxygen atoms in total. The number of fused-ring (bicyclic) bond motifs is 6. The van der Waals surface area contributed by atoms with E-state index in [0.29, 0.717) is 102 Å². The molecule has 0 saturated carbocycles. The highest BCUT2D eigenvalue weighted by Crippen LogP contribution is 2.45. The van der Waals surface area contributed by atoms with E-state index in [1.54, 1.807) is 30.3 Å². The number of rotatable bonds is 15. The van der Waals surface area contributed by atoms with E-state index in [0.717, 1.165) is 96.6 Å². The molecule has 30 heteroatoms. The van der Waals surface area contributed by atoms with Crippen LogP contribution in [0.1, 0.15) is 110 Å². The van der Waals surface area contributed by atoms with Crippen LogP contribution in [0, 0.1) is 24.4 Å². The van der Waals surface area contributed by atoms with Crippen molar-refractivity contribution in [3.8, 4) is 85.0 Å². The van der Waals surface area contributed by atoms with Gasteiger partial charge in [-0.3, -0.25) is 13.7 Å². The van der Waals surface area contributed by atoms with Crippen LogP contribution in [0.4, 0.5) is 13.2 Å². The topological polar surface area (TPSA) is 284 Å². The second-order valence-corrected chi connectivity index (χ2v) is 35.7. The van der Waals surface area contributed by atoms with Crippen molar-refractivity contribution in [1.29, 1.82) is 0 Å². The number of aromatic hydroxyl groups is 2. The van der Waals surface area contributed by atoms with Crippen molar-refractivity contribution >= 4 is 61.6 Å². The molecule has 16 heterocycles. The van der Waals surface area contributed by atoms with E-state index >= 15 is 8.78 Å². The average Bonchev–Trinajstić information content (AvgIpc) is 1.62. The van der Waals surface area contributed by atoms with Crippen LogP contribution in [0.3, 0.4) is 0 Å². The molecule has 127 heavy (non-hydrogen) atoms. The zero-order valence-electron chi connectivity index (χ0n) is 70.9. The number of aliphatic hydroxyl groups excluding tert-OH is 3. The van der Waals surface area contributed by atoms with Crippen LogP contribution < -0.4 is 19.7 Å². The number of aliphatic hydroxyl groups is 3. The first-order chi connectivity index (χ1) is 61.5. The average molecular weight is 1800 g/mol. The van der Waals surface area contributed by atoms with E-state index in [2.05, 4.69) is 79.8 Å². The molecule has 6 aromatic heterocycles. The summed E-state index contributed by atoms with van der Waals surface area (Å²) in [4.78, 5) is 13.8. The second-order valence-electron chi connectivity index (χ2n) is 34.9. The van der Waals surface area contributed by atoms with Gasteiger partial charge in [-0.15, -0.1) is 0 Å². The van der Waals surface area contributed by atoms with Crippen molar-refractivity contribution in [2.75, 3.05) is 59.5 Å². The number of ether oxygens (including phenoxy) is 12. The number of phenolic OH excluding ortho intramolecular Hbond substituents is 2. The van der Waals surface area contributed by atoms with Crippen molar-refractivity contribution in [2.24, 2.45) is 0 Å². The molecule has 6 aromatic carbocycles. The third kappa shape index (κ3) is 17.9. The van der Waals surface area contributed by atoms with E-state index in [1.807, 2.05) is 123 Å². The molecule has 664 valence electrons. The minimum Gasteiger partial charge on any atom is -0.508 e. The van der Waals surface area contributed by atoms with Gasteiger partial charge in [0.15, 0.2) is 53.4 Å². The van der Waals surface area contributed by atoms with E-state index in [1.165, 1.54) is 23.8 Å². The van der Waals surface area contributed by atoms with E-state index in [-0.39, 0.29) is 115 Å². The van der Waals surface area contributed by atoms with Crippen molar-refractivity contribution in [3.63, 3.8) is 0 Å². The normalized spacial score (nSPS) is 26.9. The molecule has 10 aliphatic heterocycles. The number of pyridine rings is 3. The van der Waals surface area contributed by atoms with Gasteiger partial charge in [0.05, 0.1) is 83.9 Å². The van der Waals surface area contributed by atoms with Crippen LogP contribution in [-0.2, 0) is 51.9 Å². The standard InChI is InChI=1S/C31H31FN2O5.C30H29FN2O6.C18H21BO3.C18H20BrFN2O5/c1-18-5-7-19(8-6-18)20-9-11-21(12-10-20)29-22(32)14-24-23(33-29)15-28(34(24)27-4-2-3-13-36-27)39-26-17-38-30-25(35)16-37-31(26)30;31-21-13-23-22(32-28(21)19-6-4-17(5-7-19)18-8-10-20(34)11-9-18)14-27(33(23)26-3-1-2-12-36-26)39-25-16-38-29-24(35)15-37-30(25)29;1-17(2)18(3,4)22-19(21-17)15-9-5-13(6-10-15)14-7-11-16(20)12-8-14;19-18-9(20)5-11-10(21-18)6-15(22(11)14-3-1-2-4-24-14)27-13-8-26-16-12(23)7-25-17(13)16/h5-12,14-15,25-27,30-31,35H,2-4,13,16-17H2,1H3;4-11,13-14,24-26,29-30,34-35H,1-3,12,15-16H2;5-12,20H,1-4H3;5-6,12-14,16-17,23H,1-4,7-8H2/t25-,26-,27?,30-,31-;24-,25-,26?,29-,30-;;12-,13-,14?,16-,17-/m11.1/s1. The maximum absolute atomic E-state index is 15.6. The Bertz CT molecular complexity index is 5630. The molecular formula is C97H101BBrF3N6O19. The Morgan fingerprint density at radius 3 is 1.01 bits per heavy atom. The lowest BCUT2D eigenvalue weighted by molar-refractivity contribution is -0.0394. The molecule has 5 N–H and O–H groups in total. The maximum Gasteiger partial charge on any atom is 0.494 e. The van der Waals surface area contributed by atoms with Gasteiger partial charge in [-0.2, -0.15) is 0 Å². The number of benzene rings is 6. The predicted octanol–water partition coefficient (Wildman–Crippen LogP) is 16.1. The van der Waals surface area contributed by atoms with Gasteiger partial charge >= 0.3 is 7.12 Å². The summed E-state index contributed by atoms with van der Waals surface area (Å²) >= 11 is 3.14. The summed E-state index contributed by atoms with van der Waals surface area (Å²) < 4.78 is 135. The lowest BCUT2D eigenvalue weighted by atomic mass is 9.78. The maximum atomic E-state index is 15.6. The molecule has 15 atom stereocenters. The first-order valence-corrected chi connectivity index (χ1v) is 44.5. The third-order valence-corrected chi connectivity index (χ3v) is 26.4. The van der Waals surface area contributed by atoms with E-state index in [4.69, 9.17) is 76.1 Å². The summed E-state index contributed by atoms with van der Waals surface area (Å²) in [6, 6.07) is 55.9. The Balaban J connectivity index is 0.000000113. The fourth-order valence-corrected chi connectivity index (χ4v) is 18.5. The predicted molar refractivity (Wildman–Crippen MR) is 470 cm³/mol. The molecule has 10 aliphatic rings. The molecule has 0 amide bonds. The Morgan fingerprint density at radius 1 is 0.370 bits per heavy atom. The largest absolute Gasteiger partial charge is 0.508 e. The first-order valence-electron chi connectivity index (χ1n) is 43.7. The number of halogens is 4. The summed E-state index contributed by atoms with van der Waals surface area (Å²) in [6.07, 6.45) is 2.26. The monoisotopic (exact) mass is 1800 g/mol. The summed E-state index contributed by atoms with van der Waals surface area (Å²) in [5, 5.41) is 49.1. The van der Waals surface area contributed by atoms with Gasteiger partial charge in [-0.05, 0) is 171 Å². The number of aromatic nitrogens is 6. The first kappa shape index (κ1) is 86.5. The molecule has 0 spiro atoms. The minimum atomic E-state index is -0.671. The van der Waals surface area contributed by atoms with Crippen LogP contribution in [0.5, 0.6) is 29.1 Å². The SMILES string of the molecule is CC1(C)OB(c2ccc(-c3ccc(O)cc3)cc2)OC1(C)C.Cc1ccc(-c2ccc(-c3nc4cc(O[C@@H]5CO[C@H]6[C@@H]5OC[C@H]6O)n(C5CCCCO5)c4cc3F)cc2)cc1.O[C@@H]1CO[C@H]2[C@@H]1OC[C@H]2Oc1cc2nc(Br)c(F)cc2n1C1CCCCO1.Oc1ccc(-c2ccc(-c3nc4cc(O[C@@H]5CO[C@H]6[C@@H]5OC[C@H]6O)n(C5CCCCO5)c4cc3F)cc2)cc1. The number of aryl methyl sites for hydroxylation is 1. The summed E-state index contributed by atoms with van der Waals surface area (Å²) in [5.74, 6) is 0.802. The molecule has 10 fully saturated rings. The lowest BCUT2D eigenvalue weighted by Gasteiger charge is -2.32. The zero-order chi connectivity index (χ0) is 87.5. The highest BCUT2D eigenvalue weighted by atomic mass is 79.9. The zero-order valence-corrected chi connectivity index (χ0v) is 72.5. The Morgan fingerprint density at radius 2 is 0.669 bits per heavy atom. The van der Waals surface area contributed by atoms with Crippen LogP contribution in [-0.4, -0.2) is 205 Å². The van der Waals surface area contributed by atoms with Crippen LogP contribution in [0.25, 0.3) is 89.0 Å². The smallest absolute Gasteiger partial charge is 0.494 e. The van der Waals surface area contributed by atoms with E-state index < -0.39 is 60.2 Å². The number of hydrogen-bond donors (Lipinski definition) is 5. The molecule has 0 aliphatic carbocycles. The lowest BCUT2D eigenvalue weighted by Crippen LogP contribution is -2.41. The highest BCUT2D eigenvalue weighted by Gasteiger charge is 2.54. The second kappa shape index (κ2) is 36.6. The van der Waals surface area contributed by atoms with Crippen molar-refractivity contribution < 1.29 is 105 Å². The van der Waals surface area contributed by atoms with Crippen molar-refractivity contribution in [1.82, 2.24) is 28.7 Å². The molecule has 12 aromatic rings. The van der Waals surface area contributed by atoms with Gasteiger partial charge in [0.2, 0.25) is 0 Å².